The number of nitrogens with one attached hydrogen (secondary N) is 1. The Morgan fingerprint density at radius 2 is 1.38 bits per heavy atom. The minimum Gasteiger partial charge on any atom is -0.780 e. The van der Waals surface area contributed by atoms with E-state index < -0.39 is 6.72 Å². The predicted octanol–water partition coefficient (Wildman–Crippen LogP) is 1.12. The second kappa shape index (κ2) is 21.1. The molecule has 0 aliphatic heterocycles. The number of hydrogen-bond acceptors (Lipinski definition) is 8. The first kappa shape index (κ1) is 28.8. The average molecular weight is 459 g/mol. The largest absolute Gasteiger partial charge is 0.780 e. The molecule has 0 aromatic heterocycles. The van der Waals surface area contributed by atoms with Gasteiger partial charge in [-0.3, -0.25) is 4.79 Å². The van der Waals surface area contributed by atoms with E-state index in [0.717, 1.165) is 32.3 Å². The predicted molar refractivity (Wildman–Crippen MR) is 112 cm³/mol. The molecule has 1 unspecified atom stereocenters. The molecule has 0 radical (unpaired) electrons. The lowest BCUT2D eigenvalue weighted by Gasteiger charge is -2.19. The molecule has 29 heavy (non-hydrogen) atoms. The van der Waals surface area contributed by atoms with E-state index in [1.54, 1.807) is 0 Å². The molecule has 174 valence electrons. The van der Waals surface area contributed by atoms with E-state index in [4.69, 9.17) is 23.8 Å². The SMILES string of the molecule is CCCOCCOCCOCCOCCC(=O)NCCCCCCOP([O-])(O)=S. The minimum absolute atomic E-state index is 0.0414. The molecule has 0 saturated carbocycles. The Morgan fingerprint density at radius 3 is 1.93 bits per heavy atom. The van der Waals surface area contributed by atoms with Gasteiger partial charge in [0.2, 0.25) is 5.91 Å². The van der Waals surface area contributed by atoms with Crippen molar-refractivity contribution in [1.82, 2.24) is 5.32 Å². The molecule has 11 heteroatoms. The first-order chi connectivity index (χ1) is 14.0. The Bertz CT molecular complexity index is 425. The van der Waals surface area contributed by atoms with Crippen LogP contribution in [-0.2, 0) is 40.1 Å². The van der Waals surface area contributed by atoms with Crippen molar-refractivity contribution in [2.75, 3.05) is 66.0 Å². The molecule has 0 bridgehead atoms. The van der Waals surface area contributed by atoms with Crippen LogP contribution in [0.3, 0.4) is 0 Å². The fourth-order valence-corrected chi connectivity index (χ4v) is 2.73. The van der Waals surface area contributed by atoms with Crippen molar-refractivity contribution in [3.8, 4) is 0 Å². The standard InChI is InChI=1S/C18H38NO8PS/c1-2-9-23-12-14-25-16-17-26-15-13-24-11-7-18(20)19-8-5-3-4-6-10-27-28(21,22)29/h2-17H2,1H3,(H,19,20)(H2,21,22,29)/p-1. The summed E-state index contributed by atoms with van der Waals surface area (Å²) >= 11 is 4.24. The molecule has 0 spiro atoms. The van der Waals surface area contributed by atoms with Gasteiger partial charge < -0.3 is 38.6 Å². The molecule has 0 aliphatic carbocycles. The van der Waals surface area contributed by atoms with Gasteiger partial charge in [0.15, 0.2) is 0 Å². The highest BCUT2D eigenvalue weighted by Gasteiger charge is 2.01. The molecule has 0 rings (SSSR count). The third-order valence-corrected chi connectivity index (χ3v) is 4.41. The van der Waals surface area contributed by atoms with Crippen molar-refractivity contribution in [2.45, 2.75) is 45.4 Å². The Hall–Kier alpha value is -0.160. The first-order valence-corrected chi connectivity index (χ1v) is 12.8. The van der Waals surface area contributed by atoms with Crippen LogP contribution in [0.25, 0.3) is 0 Å². The number of ether oxygens (including phenoxy) is 4. The second-order valence-electron chi connectivity index (χ2n) is 6.27. The number of unbranched alkanes of at least 4 members (excludes halogenated alkanes) is 3. The van der Waals surface area contributed by atoms with Crippen LogP contribution in [0.4, 0.5) is 0 Å². The Balaban J connectivity index is 3.20. The van der Waals surface area contributed by atoms with Crippen molar-refractivity contribution in [1.29, 1.82) is 0 Å². The molecular formula is C18H37NO8PS-. The zero-order valence-corrected chi connectivity index (χ0v) is 19.2. The van der Waals surface area contributed by atoms with E-state index in [1.807, 2.05) is 0 Å². The lowest BCUT2D eigenvalue weighted by atomic mass is 10.2. The molecule has 9 nitrogen and oxygen atoms in total. The lowest BCUT2D eigenvalue weighted by Crippen LogP contribution is -2.25. The summed E-state index contributed by atoms with van der Waals surface area (Å²) in [7, 11) is 0. The van der Waals surface area contributed by atoms with Crippen molar-refractivity contribution in [2.24, 2.45) is 0 Å². The Labute approximate surface area is 179 Å². The summed E-state index contributed by atoms with van der Waals surface area (Å²) in [5.41, 5.74) is 0. The molecule has 0 aliphatic rings. The average Bonchev–Trinajstić information content (AvgIpc) is 2.66. The lowest BCUT2D eigenvalue weighted by molar-refractivity contribution is -0.201. The van der Waals surface area contributed by atoms with Crippen LogP contribution in [0.5, 0.6) is 0 Å². The van der Waals surface area contributed by atoms with Gasteiger partial charge in [0.25, 0.3) is 0 Å². The van der Waals surface area contributed by atoms with Crippen LogP contribution in [-0.4, -0.2) is 76.8 Å². The fourth-order valence-electron chi connectivity index (χ4n) is 2.15. The summed E-state index contributed by atoms with van der Waals surface area (Å²) in [6.07, 6.45) is 4.60. The van der Waals surface area contributed by atoms with Crippen LogP contribution < -0.4 is 10.2 Å². The maximum absolute atomic E-state index is 11.7. The third-order valence-electron chi connectivity index (χ3n) is 3.59. The maximum atomic E-state index is 11.7. The normalized spacial score (nSPS) is 13.3. The highest BCUT2D eigenvalue weighted by Crippen LogP contribution is 2.30. The van der Waals surface area contributed by atoms with Crippen molar-refractivity contribution in [3.05, 3.63) is 0 Å². The van der Waals surface area contributed by atoms with Crippen LogP contribution >= 0.6 is 6.72 Å². The molecule has 0 aromatic rings. The first-order valence-electron chi connectivity index (χ1n) is 10.2. The minimum atomic E-state index is -3.77. The van der Waals surface area contributed by atoms with Gasteiger partial charge in [0.1, 0.15) is 6.72 Å². The summed E-state index contributed by atoms with van der Waals surface area (Å²) in [5.74, 6) is -0.0414. The molecule has 0 fully saturated rings. The van der Waals surface area contributed by atoms with Gasteiger partial charge in [-0.25, -0.2) is 0 Å². The van der Waals surface area contributed by atoms with Crippen LogP contribution in [0.15, 0.2) is 0 Å². The molecule has 0 saturated heterocycles. The van der Waals surface area contributed by atoms with Crippen molar-refractivity contribution >= 4 is 24.4 Å². The van der Waals surface area contributed by atoms with E-state index in [0.29, 0.717) is 65.6 Å². The van der Waals surface area contributed by atoms with E-state index in [1.165, 1.54) is 0 Å². The van der Waals surface area contributed by atoms with Gasteiger partial charge in [-0.15, -0.1) is 0 Å². The smallest absolute Gasteiger partial charge is 0.222 e. The Morgan fingerprint density at radius 1 is 0.862 bits per heavy atom. The van der Waals surface area contributed by atoms with Crippen LogP contribution in [0, 0.1) is 0 Å². The zero-order valence-electron chi connectivity index (χ0n) is 17.5. The highest BCUT2D eigenvalue weighted by atomic mass is 32.5. The maximum Gasteiger partial charge on any atom is 0.222 e. The second-order valence-corrected chi connectivity index (χ2v) is 8.85. The van der Waals surface area contributed by atoms with Gasteiger partial charge in [-0.1, -0.05) is 31.6 Å². The van der Waals surface area contributed by atoms with Gasteiger partial charge in [-0.2, -0.15) is 0 Å². The van der Waals surface area contributed by atoms with Gasteiger partial charge in [0.05, 0.1) is 52.9 Å². The number of hydrogen-bond donors (Lipinski definition) is 2. The number of carbonyl (C=O) groups is 1. The summed E-state index contributed by atoms with van der Waals surface area (Å²) < 4.78 is 26.0. The van der Waals surface area contributed by atoms with E-state index >= 15 is 0 Å². The fraction of sp³-hybridized carbons (Fsp3) is 0.944. The molecule has 0 aromatic carbocycles. The molecular weight excluding hydrogens is 421 g/mol. The monoisotopic (exact) mass is 458 g/mol. The number of carbonyl (C=O) groups excluding carboxylic acids is 1. The molecule has 1 atom stereocenters. The third kappa shape index (κ3) is 25.8. The Kier molecular flexibility index (Phi) is 21.0. The molecule has 1 amide bonds. The van der Waals surface area contributed by atoms with Crippen LogP contribution in [0.1, 0.15) is 45.4 Å². The summed E-state index contributed by atoms with van der Waals surface area (Å²) in [4.78, 5) is 31.2. The van der Waals surface area contributed by atoms with Crippen molar-refractivity contribution < 1.29 is 38.1 Å². The highest BCUT2D eigenvalue weighted by molar-refractivity contribution is 8.06. The van der Waals surface area contributed by atoms with Gasteiger partial charge >= 0.3 is 0 Å². The molecule has 2 N–H and O–H groups in total. The summed E-state index contributed by atoms with van der Waals surface area (Å²) in [5, 5.41) is 2.83. The summed E-state index contributed by atoms with van der Waals surface area (Å²) in [6, 6.07) is 0. The van der Waals surface area contributed by atoms with Gasteiger partial charge in [-0.05, 0) is 19.3 Å². The van der Waals surface area contributed by atoms with E-state index in [9.17, 15) is 9.69 Å². The summed E-state index contributed by atoms with van der Waals surface area (Å²) in [6.45, 7) is 3.34. The van der Waals surface area contributed by atoms with Gasteiger partial charge in [0, 0.05) is 19.6 Å². The quantitative estimate of drug-likeness (QED) is 0.182. The molecule has 0 heterocycles. The zero-order chi connectivity index (χ0) is 21.6. The van der Waals surface area contributed by atoms with Crippen molar-refractivity contribution in [3.63, 3.8) is 0 Å². The number of amides is 1. The van der Waals surface area contributed by atoms with E-state index in [2.05, 4.69) is 28.6 Å². The topological polar surface area (TPSA) is 119 Å². The van der Waals surface area contributed by atoms with Crippen LogP contribution in [0.2, 0.25) is 0 Å². The number of rotatable bonds is 22. The van der Waals surface area contributed by atoms with E-state index in [-0.39, 0.29) is 12.5 Å².